The fourth-order valence-corrected chi connectivity index (χ4v) is 5.13. The number of likely N-dealkylation sites (tertiary alicyclic amines) is 1. The molecule has 0 unspecified atom stereocenters. The van der Waals surface area contributed by atoms with Gasteiger partial charge in [0, 0.05) is 50.4 Å². The Morgan fingerprint density at radius 2 is 1.87 bits per heavy atom. The molecule has 0 amide bonds. The molecule has 1 aliphatic carbocycles. The number of pyridine rings is 1. The number of rotatable bonds is 2. The molecule has 4 nitrogen and oxygen atoms in total. The van der Waals surface area contributed by atoms with E-state index in [-0.39, 0.29) is 11.8 Å². The molecule has 3 fully saturated rings. The summed E-state index contributed by atoms with van der Waals surface area (Å²) in [5, 5.41) is 12.1. The highest BCUT2D eigenvalue weighted by molar-refractivity contribution is 6.29. The Labute approximate surface area is 142 Å². The van der Waals surface area contributed by atoms with Crippen molar-refractivity contribution >= 4 is 11.6 Å². The van der Waals surface area contributed by atoms with Crippen LogP contribution in [0.15, 0.2) is 18.3 Å². The first-order valence-electron chi connectivity index (χ1n) is 8.84. The first-order chi connectivity index (χ1) is 11.2. The molecule has 0 spiro atoms. The van der Waals surface area contributed by atoms with E-state index in [9.17, 15) is 5.11 Å². The van der Waals surface area contributed by atoms with E-state index in [1.807, 2.05) is 12.1 Å². The molecule has 126 valence electrons. The topological polar surface area (TPSA) is 45.6 Å². The van der Waals surface area contributed by atoms with Crippen LogP contribution in [0.4, 0.5) is 0 Å². The summed E-state index contributed by atoms with van der Waals surface area (Å²) in [6.45, 7) is 3.72. The standard InChI is InChI=1S/C18H25ClN2O2/c19-17-10-13(4-7-20-17)18(22)14-2-1-3-15(18)12-21(11-14)16-5-8-23-9-6-16/h4,7,10,14-16,22H,1-3,5-6,8-9,11-12H2/t14-,15+,18+. The molecule has 1 aromatic heterocycles. The molecule has 2 aliphatic heterocycles. The van der Waals surface area contributed by atoms with E-state index in [0.29, 0.717) is 11.2 Å². The van der Waals surface area contributed by atoms with E-state index in [2.05, 4.69) is 9.88 Å². The average molecular weight is 337 g/mol. The van der Waals surface area contributed by atoms with E-state index in [0.717, 1.165) is 57.6 Å². The second-order valence-corrected chi connectivity index (χ2v) is 7.70. The van der Waals surface area contributed by atoms with Crippen molar-refractivity contribution in [2.24, 2.45) is 11.8 Å². The lowest BCUT2D eigenvalue weighted by Gasteiger charge is -2.55. The van der Waals surface area contributed by atoms with Gasteiger partial charge in [-0.05, 0) is 43.4 Å². The minimum atomic E-state index is -0.744. The van der Waals surface area contributed by atoms with Crippen molar-refractivity contribution in [2.75, 3.05) is 26.3 Å². The molecule has 0 radical (unpaired) electrons. The number of aromatic nitrogens is 1. The molecule has 3 atom stereocenters. The van der Waals surface area contributed by atoms with E-state index in [4.69, 9.17) is 16.3 Å². The van der Waals surface area contributed by atoms with Gasteiger partial charge in [-0.1, -0.05) is 18.0 Å². The second-order valence-electron chi connectivity index (χ2n) is 7.31. The monoisotopic (exact) mass is 336 g/mol. The number of halogens is 1. The fourth-order valence-electron chi connectivity index (χ4n) is 4.96. The van der Waals surface area contributed by atoms with Crippen LogP contribution in [0.2, 0.25) is 5.15 Å². The van der Waals surface area contributed by atoms with Gasteiger partial charge in [0.2, 0.25) is 0 Å². The zero-order valence-corrected chi connectivity index (χ0v) is 14.2. The highest BCUT2D eigenvalue weighted by Gasteiger charge is 2.52. The Hall–Kier alpha value is -0.680. The van der Waals surface area contributed by atoms with Gasteiger partial charge in [0.05, 0.1) is 5.60 Å². The average Bonchev–Trinajstić information content (AvgIpc) is 2.55. The van der Waals surface area contributed by atoms with Gasteiger partial charge in [-0.2, -0.15) is 0 Å². The molecule has 4 rings (SSSR count). The summed E-state index contributed by atoms with van der Waals surface area (Å²) in [5.41, 5.74) is 0.214. The summed E-state index contributed by atoms with van der Waals surface area (Å²) in [6.07, 6.45) is 7.37. The third-order valence-electron chi connectivity index (χ3n) is 6.16. The Kier molecular flexibility index (Phi) is 4.35. The van der Waals surface area contributed by atoms with Gasteiger partial charge >= 0.3 is 0 Å². The molecule has 3 heterocycles. The Morgan fingerprint density at radius 3 is 2.52 bits per heavy atom. The number of hydrogen-bond donors (Lipinski definition) is 1. The van der Waals surface area contributed by atoms with Crippen molar-refractivity contribution in [2.45, 2.75) is 43.7 Å². The third kappa shape index (κ3) is 2.80. The smallest absolute Gasteiger partial charge is 0.129 e. The van der Waals surface area contributed by atoms with Gasteiger partial charge < -0.3 is 9.84 Å². The summed E-state index contributed by atoms with van der Waals surface area (Å²) in [4.78, 5) is 6.70. The summed E-state index contributed by atoms with van der Waals surface area (Å²) >= 11 is 6.09. The maximum absolute atomic E-state index is 11.6. The number of nitrogens with zero attached hydrogens (tertiary/aromatic N) is 2. The zero-order chi connectivity index (χ0) is 15.9. The minimum Gasteiger partial charge on any atom is -0.384 e. The number of piperidine rings is 1. The molecule has 0 aromatic carbocycles. The van der Waals surface area contributed by atoms with Crippen LogP contribution in [0.25, 0.3) is 0 Å². The second kappa shape index (κ2) is 6.32. The molecular formula is C18H25ClN2O2. The highest BCUT2D eigenvalue weighted by Crippen LogP contribution is 2.50. The predicted octanol–water partition coefficient (Wildman–Crippen LogP) is 2.83. The van der Waals surface area contributed by atoms with Gasteiger partial charge in [-0.25, -0.2) is 4.98 Å². The summed E-state index contributed by atoms with van der Waals surface area (Å²) in [6, 6.07) is 4.43. The Bertz CT molecular complexity index is 548. The van der Waals surface area contributed by atoms with Crippen molar-refractivity contribution in [3.05, 3.63) is 29.0 Å². The van der Waals surface area contributed by atoms with Gasteiger partial charge in [-0.3, -0.25) is 4.90 Å². The maximum Gasteiger partial charge on any atom is 0.129 e. The summed E-state index contributed by atoms with van der Waals surface area (Å²) in [5.74, 6) is 0.577. The first kappa shape index (κ1) is 15.8. The molecule has 5 heteroatoms. The first-order valence-corrected chi connectivity index (χ1v) is 9.22. The number of hydrogen-bond acceptors (Lipinski definition) is 4. The summed E-state index contributed by atoms with van der Waals surface area (Å²) in [7, 11) is 0. The lowest BCUT2D eigenvalue weighted by atomic mass is 9.62. The van der Waals surface area contributed by atoms with Crippen LogP contribution in [0.3, 0.4) is 0 Å². The van der Waals surface area contributed by atoms with Crippen LogP contribution in [0, 0.1) is 11.8 Å². The van der Waals surface area contributed by atoms with Crippen LogP contribution < -0.4 is 0 Å². The van der Waals surface area contributed by atoms with Gasteiger partial charge in [0.25, 0.3) is 0 Å². The SMILES string of the molecule is O[C@@]1(c2ccnc(Cl)c2)[C@@H]2CCC[C@H]1CN(C1CCOCC1)C2. The van der Waals surface area contributed by atoms with E-state index >= 15 is 0 Å². The predicted molar refractivity (Wildman–Crippen MR) is 89.4 cm³/mol. The Morgan fingerprint density at radius 1 is 1.17 bits per heavy atom. The van der Waals surface area contributed by atoms with E-state index in [1.54, 1.807) is 6.20 Å². The molecule has 23 heavy (non-hydrogen) atoms. The molecule has 2 bridgehead atoms. The van der Waals surface area contributed by atoms with E-state index < -0.39 is 5.60 Å². The quantitative estimate of drug-likeness (QED) is 0.844. The largest absolute Gasteiger partial charge is 0.384 e. The number of ether oxygens (including phenoxy) is 1. The van der Waals surface area contributed by atoms with Crippen LogP contribution in [0.1, 0.15) is 37.7 Å². The molecule has 1 N–H and O–H groups in total. The van der Waals surface area contributed by atoms with Gasteiger partial charge in [-0.15, -0.1) is 0 Å². The molecular weight excluding hydrogens is 312 g/mol. The molecule has 2 saturated heterocycles. The van der Waals surface area contributed by atoms with Crippen molar-refractivity contribution < 1.29 is 9.84 Å². The molecule has 1 aromatic rings. The van der Waals surface area contributed by atoms with Crippen molar-refractivity contribution in [1.82, 2.24) is 9.88 Å². The van der Waals surface area contributed by atoms with Gasteiger partial charge in [0.15, 0.2) is 0 Å². The summed E-state index contributed by atoms with van der Waals surface area (Å²) < 4.78 is 5.51. The lowest BCUT2D eigenvalue weighted by Crippen LogP contribution is -2.60. The van der Waals surface area contributed by atoms with Crippen LogP contribution in [-0.2, 0) is 10.3 Å². The fraction of sp³-hybridized carbons (Fsp3) is 0.722. The normalized spacial score (nSPS) is 36.1. The number of aliphatic hydroxyl groups is 1. The third-order valence-corrected chi connectivity index (χ3v) is 6.36. The number of fused-ring (bicyclic) bond motifs is 2. The van der Waals surface area contributed by atoms with Crippen molar-refractivity contribution in [1.29, 1.82) is 0 Å². The highest BCUT2D eigenvalue weighted by atomic mass is 35.5. The van der Waals surface area contributed by atoms with Crippen molar-refractivity contribution in [3.8, 4) is 0 Å². The Balaban J connectivity index is 1.60. The minimum absolute atomic E-state index is 0.288. The molecule has 3 aliphatic rings. The maximum atomic E-state index is 11.6. The van der Waals surface area contributed by atoms with Crippen LogP contribution >= 0.6 is 11.6 Å². The van der Waals surface area contributed by atoms with Crippen LogP contribution in [0.5, 0.6) is 0 Å². The lowest BCUT2D eigenvalue weighted by molar-refractivity contribution is -0.158. The molecule has 1 saturated carbocycles. The van der Waals surface area contributed by atoms with Gasteiger partial charge in [0.1, 0.15) is 5.15 Å². The zero-order valence-electron chi connectivity index (χ0n) is 13.5. The van der Waals surface area contributed by atoms with E-state index in [1.165, 1.54) is 6.42 Å². The van der Waals surface area contributed by atoms with Crippen LogP contribution in [-0.4, -0.2) is 47.3 Å². The van der Waals surface area contributed by atoms with Crippen molar-refractivity contribution in [3.63, 3.8) is 0 Å².